The molecular weight excluding hydrogens is 336 g/mol. The third-order valence-electron chi connectivity index (χ3n) is 4.89. The molecule has 0 radical (unpaired) electrons. The zero-order valence-electron chi connectivity index (χ0n) is 15.4. The van der Waals surface area contributed by atoms with E-state index in [1.54, 1.807) is 16.7 Å². The average molecular weight is 362 g/mol. The summed E-state index contributed by atoms with van der Waals surface area (Å²) in [5, 5.41) is 0. The highest BCUT2D eigenvalue weighted by molar-refractivity contribution is 8.00. The van der Waals surface area contributed by atoms with Gasteiger partial charge in [0.1, 0.15) is 12.3 Å². The summed E-state index contributed by atoms with van der Waals surface area (Å²) in [6.07, 6.45) is 0.879. The Balaban J connectivity index is 1.93. The number of benzene rings is 1. The molecule has 0 bridgehead atoms. The molecule has 0 spiro atoms. The Kier molecular flexibility index (Phi) is 5.00. The van der Waals surface area contributed by atoms with Gasteiger partial charge in [0.25, 0.3) is 0 Å². The zero-order valence-corrected chi connectivity index (χ0v) is 16.2. The number of hydrogen-bond acceptors (Lipinski definition) is 4. The van der Waals surface area contributed by atoms with E-state index in [9.17, 15) is 9.59 Å². The summed E-state index contributed by atoms with van der Waals surface area (Å²) in [6, 6.07) is 5.96. The Labute approximate surface area is 153 Å². The molecule has 2 aliphatic heterocycles. The van der Waals surface area contributed by atoms with E-state index in [-0.39, 0.29) is 23.9 Å². The van der Waals surface area contributed by atoms with Crippen LogP contribution in [0.15, 0.2) is 18.2 Å². The van der Waals surface area contributed by atoms with Crippen LogP contribution in [-0.4, -0.2) is 47.0 Å². The molecule has 1 fully saturated rings. The van der Waals surface area contributed by atoms with E-state index in [2.05, 4.69) is 26.8 Å². The van der Waals surface area contributed by atoms with Crippen LogP contribution in [-0.2, 0) is 9.59 Å². The molecule has 1 atom stereocenters. The first-order chi connectivity index (χ1) is 11.8. The summed E-state index contributed by atoms with van der Waals surface area (Å²) in [7, 11) is 0. The summed E-state index contributed by atoms with van der Waals surface area (Å²) >= 11 is 1.56. The Morgan fingerprint density at radius 3 is 2.80 bits per heavy atom. The standard InChI is InChI=1S/C19H26N2O3S/c1-5-24-14-6-7-16-15(8-14)13(2)9-19(3,4)21(16)17(22)10-20-12-25-11-18(20)23/h6-8,13H,5,9-12H2,1-4H3/t13-/m0/s1. The summed E-state index contributed by atoms with van der Waals surface area (Å²) in [5.41, 5.74) is 1.80. The van der Waals surface area contributed by atoms with Crippen LogP contribution in [0.4, 0.5) is 5.69 Å². The molecule has 0 saturated carbocycles. The molecule has 136 valence electrons. The molecule has 5 nitrogen and oxygen atoms in total. The Morgan fingerprint density at radius 2 is 2.16 bits per heavy atom. The fourth-order valence-corrected chi connectivity index (χ4v) is 4.81. The van der Waals surface area contributed by atoms with Crippen molar-refractivity contribution in [2.45, 2.75) is 45.6 Å². The van der Waals surface area contributed by atoms with Crippen molar-refractivity contribution in [1.82, 2.24) is 4.90 Å². The number of rotatable bonds is 4. The Bertz CT molecular complexity index is 689. The number of anilines is 1. The lowest BCUT2D eigenvalue weighted by atomic mass is 9.80. The maximum absolute atomic E-state index is 13.1. The van der Waals surface area contributed by atoms with E-state index in [0.717, 1.165) is 23.4 Å². The molecule has 0 aromatic heterocycles. The second kappa shape index (κ2) is 6.90. The average Bonchev–Trinajstić information content (AvgIpc) is 2.92. The second-order valence-corrected chi connectivity index (χ2v) is 8.32. The minimum Gasteiger partial charge on any atom is -0.494 e. The van der Waals surface area contributed by atoms with E-state index >= 15 is 0 Å². The van der Waals surface area contributed by atoms with Gasteiger partial charge in [-0.15, -0.1) is 11.8 Å². The third-order valence-corrected chi connectivity index (χ3v) is 5.84. The number of carbonyl (C=O) groups excluding carboxylic acids is 2. The quantitative estimate of drug-likeness (QED) is 0.825. The highest BCUT2D eigenvalue weighted by atomic mass is 32.2. The van der Waals surface area contributed by atoms with E-state index in [4.69, 9.17) is 4.74 Å². The fourth-order valence-electron chi connectivity index (χ4n) is 3.91. The molecule has 3 rings (SSSR count). The highest BCUT2D eigenvalue weighted by Crippen LogP contribution is 2.44. The van der Waals surface area contributed by atoms with Crippen molar-refractivity contribution in [3.05, 3.63) is 23.8 Å². The number of carbonyl (C=O) groups is 2. The number of nitrogens with zero attached hydrogens (tertiary/aromatic N) is 2. The van der Waals surface area contributed by atoms with Crippen molar-refractivity contribution >= 4 is 29.3 Å². The molecule has 1 aromatic carbocycles. The number of hydrogen-bond donors (Lipinski definition) is 0. The maximum atomic E-state index is 13.1. The number of amides is 2. The van der Waals surface area contributed by atoms with Crippen LogP contribution < -0.4 is 9.64 Å². The first-order valence-corrected chi connectivity index (χ1v) is 9.94. The lowest BCUT2D eigenvalue weighted by Crippen LogP contribution is -2.54. The first-order valence-electron chi connectivity index (χ1n) is 8.79. The number of ether oxygens (including phenoxy) is 1. The monoisotopic (exact) mass is 362 g/mol. The predicted octanol–water partition coefficient (Wildman–Crippen LogP) is 3.24. The van der Waals surface area contributed by atoms with Gasteiger partial charge in [0, 0.05) is 11.2 Å². The van der Waals surface area contributed by atoms with Gasteiger partial charge < -0.3 is 14.5 Å². The molecule has 2 amide bonds. The fraction of sp³-hybridized carbons (Fsp3) is 0.579. The molecule has 1 saturated heterocycles. The predicted molar refractivity (Wildman–Crippen MR) is 101 cm³/mol. The Hall–Kier alpha value is -1.69. The largest absolute Gasteiger partial charge is 0.494 e. The van der Waals surface area contributed by atoms with Crippen molar-refractivity contribution in [3.63, 3.8) is 0 Å². The van der Waals surface area contributed by atoms with Crippen LogP contribution in [0.2, 0.25) is 0 Å². The van der Waals surface area contributed by atoms with Gasteiger partial charge in [0.05, 0.1) is 18.2 Å². The number of thioether (sulfide) groups is 1. The SMILES string of the molecule is CCOc1ccc2c(c1)[C@@H](C)CC(C)(C)N2C(=O)CN1CSCC1=O. The van der Waals surface area contributed by atoms with Gasteiger partial charge in [-0.1, -0.05) is 6.92 Å². The molecule has 0 unspecified atom stereocenters. The van der Waals surface area contributed by atoms with Gasteiger partial charge >= 0.3 is 0 Å². The van der Waals surface area contributed by atoms with E-state index in [1.165, 1.54) is 0 Å². The molecule has 2 heterocycles. The van der Waals surface area contributed by atoms with Crippen LogP contribution >= 0.6 is 11.8 Å². The summed E-state index contributed by atoms with van der Waals surface area (Å²) in [6.45, 7) is 9.13. The van der Waals surface area contributed by atoms with E-state index in [0.29, 0.717) is 24.2 Å². The lowest BCUT2D eigenvalue weighted by molar-refractivity contribution is -0.131. The van der Waals surface area contributed by atoms with Crippen molar-refractivity contribution in [3.8, 4) is 5.75 Å². The van der Waals surface area contributed by atoms with Crippen LogP contribution in [0, 0.1) is 0 Å². The topological polar surface area (TPSA) is 49.9 Å². The normalized spacial score (nSPS) is 22.1. The zero-order chi connectivity index (χ0) is 18.2. The highest BCUT2D eigenvalue weighted by Gasteiger charge is 2.41. The summed E-state index contributed by atoms with van der Waals surface area (Å²) < 4.78 is 5.63. The molecule has 0 aliphatic carbocycles. The smallest absolute Gasteiger partial charge is 0.247 e. The van der Waals surface area contributed by atoms with Crippen molar-refractivity contribution < 1.29 is 14.3 Å². The molecule has 25 heavy (non-hydrogen) atoms. The van der Waals surface area contributed by atoms with Gasteiger partial charge in [0.2, 0.25) is 11.8 Å². The van der Waals surface area contributed by atoms with Crippen LogP contribution in [0.1, 0.15) is 45.6 Å². The summed E-state index contributed by atoms with van der Waals surface area (Å²) in [5.74, 6) is 2.30. The third kappa shape index (κ3) is 3.50. The van der Waals surface area contributed by atoms with Gasteiger partial charge in [-0.3, -0.25) is 9.59 Å². The minimum absolute atomic E-state index is 0.0156. The van der Waals surface area contributed by atoms with Crippen LogP contribution in [0.25, 0.3) is 0 Å². The molecule has 0 N–H and O–H groups in total. The van der Waals surface area contributed by atoms with Crippen molar-refractivity contribution in [1.29, 1.82) is 0 Å². The van der Waals surface area contributed by atoms with Gasteiger partial charge in [-0.05, 0) is 56.9 Å². The van der Waals surface area contributed by atoms with Crippen LogP contribution in [0.3, 0.4) is 0 Å². The van der Waals surface area contributed by atoms with E-state index in [1.807, 2.05) is 24.0 Å². The Morgan fingerprint density at radius 1 is 1.40 bits per heavy atom. The molecule has 2 aliphatic rings. The summed E-state index contributed by atoms with van der Waals surface area (Å²) in [4.78, 5) is 28.5. The minimum atomic E-state index is -0.285. The van der Waals surface area contributed by atoms with Crippen LogP contribution in [0.5, 0.6) is 5.75 Å². The maximum Gasteiger partial charge on any atom is 0.247 e. The van der Waals surface area contributed by atoms with E-state index < -0.39 is 0 Å². The molecule has 6 heteroatoms. The second-order valence-electron chi connectivity index (χ2n) is 7.37. The first kappa shape index (κ1) is 18.1. The van der Waals surface area contributed by atoms with Gasteiger partial charge in [-0.2, -0.15) is 0 Å². The van der Waals surface area contributed by atoms with Gasteiger partial charge in [0.15, 0.2) is 0 Å². The molecular formula is C19H26N2O3S. The van der Waals surface area contributed by atoms with Gasteiger partial charge in [-0.25, -0.2) is 0 Å². The lowest BCUT2D eigenvalue weighted by Gasteiger charge is -2.46. The number of fused-ring (bicyclic) bond motifs is 1. The van der Waals surface area contributed by atoms with Crippen molar-refractivity contribution in [2.75, 3.05) is 29.7 Å². The van der Waals surface area contributed by atoms with Crippen molar-refractivity contribution in [2.24, 2.45) is 0 Å². The molecule has 1 aromatic rings.